The van der Waals surface area contributed by atoms with E-state index in [-0.39, 0.29) is 17.5 Å². The Labute approximate surface area is 394 Å². The first-order chi connectivity index (χ1) is 32.6. The lowest BCUT2D eigenvalue weighted by atomic mass is 9.33. The smallest absolute Gasteiger partial charge is 0.252 e. The molecule has 0 radical (unpaired) electrons. The summed E-state index contributed by atoms with van der Waals surface area (Å²) in [5.74, 6) is 0. The second-order valence-corrected chi connectivity index (χ2v) is 20.5. The van der Waals surface area contributed by atoms with Crippen LogP contribution in [0.25, 0.3) is 64.6 Å². The average Bonchev–Trinajstić information content (AvgIpc) is 3.38. The molecule has 0 aliphatic carbocycles. The fourth-order valence-corrected chi connectivity index (χ4v) is 11.8. The minimum atomic E-state index is 0.0101. The Bertz CT molecular complexity index is 3560. The molecular weight excluding hydrogens is 808 g/mol. The molecule has 0 bridgehead atoms. The molecule has 2 aliphatic rings. The summed E-state index contributed by atoms with van der Waals surface area (Å²) < 4.78 is 0. The minimum absolute atomic E-state index is 0.0101. The van der Waals surface area contributed by atoms with Gasteiger partial charge in [0.15, 0.2) is 0 Å². The maximum absolute atomic E-state index is 2.58. The Morgan fingerprint density at radius 2 is 0.657 bits per heavy atom. The minimum Gasteiger partial charge on any atom is -0.311 e. The molecule has 0 saturated heterocycles. The normalized spacial score (nSPS) is 13.6. The molecule has 0 unspecified atom stereocenters. The molecule has 0 aromatic heterocycles. The molecule has 3 heteroatoms. The number of hydrogen-bond donors (Lipinski definition) is 0. The van der Waals surface area contributed by atoms with Crippen molar-refractivity contribution in [2.24, 2.45) is 0 Å². The zero-order chi connectivity index (χ0) is 45.3. The van der Waals surface area contributed by atoms with Crippen LogP contribution in [-0.2, 0) is 10.8 Å². The predicted molar refractivity (Wildman–Crippen MR) is 292 cm³/mol. The number of hydrogen-bond acceptors (Lipinski definition) is 2. The van der Waals surface area contributed by atoms with Gasteiger partial charge in [-0.1, -0.05) is 181 Å². The van der Waals surface area contributed by atoms with Crippen LogP contribution in [0.15, 0.2) is 188 Å². The first kappa shape index (κ1) is 40.0. The van der Waals surface area contributed by atoms with E-state index < -0.39 is 0 Å². The summed E-state index contributed by atoms with van der Waals surface area (Å²) in [5.41, 5.74) is 14.2. The molecule has 0 spiro atoms. The molecule has 0 N–H and O–H groups in total. The summed E-state index contributed by atoms with van der Waals surface area (Å²) in [6.07, 6.45) is 2.11. The first-order valence-electron chi connectivity index (χ1n) is 24.3. The summed E-state index contributed by atoms with van der Waals surface area (Å²) >= 11 is 0. The van der Waals surface area contributed by atoms with Gasteiger partial charge in [0, 0.05) is 34.1 Å². The van der Waals surface area contributed by atoms with E-state index in [2.05, 4.69) is 239 Å². The van der Waals surface area contributed by atoms with Gasteiger partial charge in [-0.05, 0) is 164 Å². The van der Waals surface area contributed by atoms with Gasteiger partial charge >= 0.3 is 0 Å². The maximum Gasteiger partial charge on any atom is 0.252 e. The summed E-state index contributed by atoms with van der Waals surface area (Å²) in [7, 11) is 0. The van der Waals surface area contributed by atoms with Gasteiger partial charge < -0.3 is 9.80 Å². The van der Waals surface area contributed by atoms with Crippen molar-refractivity contribution in [3.05, 3.63) is 199 Å². The standard InChI is InChI=1S/C64H53BN2/c1-7-63(3,4)40-28-34-58-56(36-40)65-57-37-41(64(5,6)8-2)29-35-59(57)67(43-31-33-53-49-23-12-10-19-45(49)47-21-14-16-25-51(47)55(53)39-43)61-27-17-26-60(62(61)65)66(58)42-30-32-52-48-22-11-9-18-44(48)46-20-13-15-24-50(46)54(52)38-42/h9-39H,7-8H2,1-6H3. The van der Waals surface area contributed by atoms with E-state index in [1.54, 1.807) is 0 Å². The van der Waals surface area contributed by atoms with Gasteiger partial charge in [0.2, 0.25) is 0 Å². The summed E-state index contributed by atoms with van der Waals surface area (Å²) in [4.78, 5) is 5.17. The molecular formula is C64H53BN2. The van der Waals surface area contributed by atoms with Gasteiger partial charge in [-0.15, -0.1) is 0 Å². The van der Waals surface area contributed by atoms with Crippen molar-refractivity contribution in [3.63, 3.8) is 0 Å². The molecule has 11 aromatic rings. The van der Waals surface area contributed by atoms with Crippen molar-refractivity contribution in [1.82, 2.24) is 0 Å². The van der Waals surface area contributed by atoms with Crippen LogP contribution in [0.3, 0.4) is 0 Å². The van der Waals surface area contributed by atoms with Crippen LogP contribution in [-0.4, -0.2) is 6.71 Å². The molecule has 2 aliphatic heterocycles. The summed E-state index contributed by atoms with van der Waals surface area (Å²) in [6.45, 7) is 14.3. The molecule has 2 heterocycles. The summed E-state index contributed by atoms with van der Waals surface area (Å²) in [6, 6.07) is 72.0. The zero-order valence-electron chi connectivity index (χ0n) is 39.3. The van der Waals surface area contributed by atoms with Crippen LogP contribution in [0.4, 0.5) is 34.1 Å². The van der Waals surface area contributed by atoms with Gasteiger partial charge in [0.25, 0.3) is 6.71 Å². The van der Waals surface area contributed by atoms with Crippen molar-refractivity contribution >= 4 is 122 Å². The van der Waals surface area contributed by atoms with E-state index in [1.165, 1.54) is 126 Å². The maximum atomic E-state index is 2.58. The monoisotopic (exact) mass is 860 g/mol. The van der Waals surface area contributed by atoms with Crippen molar-refractivity contribution in [3.8, 4) is 0 Å². The van der Waals surface area contributed by atoms with Crippen LogP contribution in [0, 0.1) is 0 Å². The SMILES string of the molecule is CCC(C)(C)c1ccc2c(c1)B1c3cc(C(C)(C)CC)ccc3N(c3ccc4c5ccccc5c5ccccc5c4c3)c3cccc(c31)N2c1ccc2c3ccccc3c3ccccc3c2c1. The third kappa shape index (κ3) is 5.77. The van der Waals surface area contributed by atoms with E-state index in [0.29, 0.717) is 0 Å². The lowest BCUT2D eigenvalue weighted by Gasteiger charge is -2.45. The van der Waals surface area contributed by atoms with Crippen molar-refractivity contribution in [2.75, 3.05) is 9.80 Å². The molecule has 2 nitrogen and oxygen atoms in total. The third-order valence-electron chi connectivity index (χ3n) is 16.3. The number of fused-ring (bicyclic) bond motifs is 16. The Morgan fingerprint density at radius 3 is 1.00 bits per heavy atom. The summed E-state index contributed by atoms with van der Waals surface area (Å²) in [5, 5.41) is 15.4. The van der Waals surface area contributed by atoms with Crippen LogP contribution in [0.5, 0.6) is 0 Å². The number of benzene rings is 11. The third-order valence-corrected chi connectivity index (χ3v) is 16.3. The second-order valence-electron chi connectivity index (χ2n) is 20.5. The second kappa shape index (κ2) is 14.6. The van der Waals surface area contributed by atoms with Crippen LogP contribution in [0.1, 0.15) is 65.5 Å². The Hall–Kier alpha value is -7.36. The van der Waals surface area contributed by atoms with Gasteiger partial charge in [0.1, 0.15) is 0 Å². The Morgan fingerprint density at radius 1 is 0.328 bits per heavy atom. The molecule has 0 amide bonds. The van der Waals surface area contributed by atoms with Crippen LogP contribution in [0.2, 0.25) is 0 Å². The van der Waals surface area contributed by atoms with Crippen molar-refractivity contribution in [2.45, 2.75) is 65.2 Å². The van der Waals surface area contributed by atoms with Crippen molar-refractivity contribution < 1.29 is 0 Å². The molecule has 322 valence electrons. The van der Waals surface area contributed by atoms with Crippen molar-refractivity contribution in [1.29, 1.82) is 0 Å². The lowest BCUT2D eigenvalue weighted by Crippen LogP contribution is -2.61. The van der Waals surface area contributed by atoms with Crippen LogP contribution < -0.4 is 26.2 Å². The topological polar surface area (TPSA) is 6.48 Å². The molecule has 13 rings (SSSR count). The highest BCUT2D eigenvalue weighted by Gasteiger charge is 2.44. The number of rotatable bonds is 6. The van der Waals surface area contributed by atoms with E-state index in [4.69, 9.17) is 0 Å². The number of nitrogens with zero attached hydrogens (tertiary/aromatic N) is 2. The highest BCUT2D eigenvalue weighted by atomic mass is 15.2. The van der Waals surface area contributed by atoms with Gasteiger partial charge in [-0.2, -0.15) is 0 Å². The van der Waals surface area contributed by atoms with E-state index in [1.807, 2.05) is 0 Å². The van der Waals surface area contributed by atoms with Gasteiger partial charge in [-0.3, -0.25) is 0 Å². The lowest BCUT2D eigenvalue weighted by molar-refractivity contribution is 0.506. The fraction of sp³-hybridized carbons (Fsp3) is 0.156. The number of anilines is 6. The van der Waals surface area contributed by atoms with Gasteiger partial charge in [-0.25, -0.2) is 0 Å². The Kier molecular flexibility index (Phi) is 8.69. The highest BCUT2D eigenvalue weighted by molar-refractivity contribution is 7.00. The van der Waals surface area contributed by atoms with E-state index >= 15 is 0 Å². The largest absolute Gasteiger partial charge is 0.311 e. The van der Waals surface area contributed by atoms with E-state index in [0.717, 1.165) is 12.8 Å². The van der Waals surface area contributed by atoms with Gasteiger partial charge in [0.05, 0.1) is 0 Å². The average molecular weight is 861 g/mol. The first-order valence-corrected chi connectivity index (χ1v) is 24.3. The predicted octanol–water partition coefficient (Wildman–Crippen LogP) is 16.1. The highest BCUT2D eigenvalue weighted by Crippen LogP contribution is 2.48. The van der Waals surface area contributed by atoms with Crippen LogP contribution >= 0.6 is 0 Å². The molecule has 0 fully saturated rings. The van der Waals surface area contributed by atoms with E-state index in [9.17, 15) is 0 Å². The fourth-order valence-electron chi connectivity index (χ4n) is 11.8. The molecule has 0 atom stereocenters. The molecule has 0 saturated carbocycles. The Balaban J connectivity index is 1.12. The molecule has 11 aromatic carbocycles. The molecule has 67 heavy (non-hydrogen) atoms. The zero-order valence-corrected chi connectivity index (χ0v) is 39.3. The quantitative estimate of drug-likeness (QED) is 0.121.